The number of nitrogens with two attached hydrogens (primary N) is 1. The van der Waals surface area contributed by atoms with Crippen LogP contribution in [0.1, 0.15) is 25.7 Å². The van der Waals surface area contributed by atoms with E-state index in [9.17, 15) is 10.1 Å². The minimum atomic E-state index is -0.553. The summed E-state index contributed by atoms with van der Waals surface area (Å²) in [4.78, 5) is 14.2. The van der Waals surface area contributed by atoms with Crippen molar-refractivity contribution < 1.29 is 9.66 Å². The van der Waals surface area contributed by atoms with E-state index < -0.39 is 4.92 Å². The number of halogens is 1. The lowest BCUT2D eigenvalue weighted by molar-refractivity contribution is -0.386. The Balaban J connectivity index is 2.20. The molecule has 1 saturated carbocycles. The molecule has 0 aliphatic heterocycles. The van der Waals surface area contributed by atoms with Crippen LogP contribution in [0.15, 0.2) is 12.3 Å². The minimum Gasteiger partial charge on any atom is -0.468 e. The third kappa shape index (κ3) is 2.88. The molecule has 1 aromatic heterocycles. The van der Waals surface area contributed by atoms with E-state index in [1.54, 1.807) is 0 Å². The number of hydrogen-bond acceptors (Lipinski definition) is 5. The molecule has 2 unspecified atom stereocenters. The van der Waals surface area contributed by atoms with Crippen molar-refractivity contribution in [2.24, 2.45) is 5.73 Å². The molecule has 1 heterocycles. The number of pyridine rings is 1. The monoisotopic (exact) mass is 271 g/mol. The van der Waals surface area contributed by atoms with Crippen LogP contribution in [0.2, 0.25) is 5.02 Å². The Labute approximate surface area is 109 Å². The molecule has 6 nitrogen and oxygen atoms in total. The number of nitrogens with zero attached hydrogens (tertiary/aromatic N) is 2. The van der Waals surface area contributed by atoms with Crippen LogP contribution in [-0.2, 0) is 0 Å². The predicted octanol–water partition coefficient (Wildman–Crippen LogP) is 2.29. The largest absolute Gasteiger partial charge is 0.468 e. The molecule has 0 bridgehead atoms. The number of ether oxygens (including phenoxy) is 1. The molecule has 2 atom stereocenters. The number of rotatable bonds is 3. The number of aromatic nitrogens is 1. The van der Waals surface area contributed by atoms with E-state index in [0.717, 1.165) is 25.7 Å². The third-order valence-corrected chi connectivity index (χ3v) is 3.22. The van der Waals surface area contributed by atoms with Crippen LogP contribution in [0.25, 0.3) is 0 Å². The summed E-state index contributed by atoms with van der Waals surface area (Å²) in [6.45, 7) is 0. The van der Waals surface area contributed by atoms with E-state index in [2.05, 4.69) is 4.98 Å². The fourth-order valence-electron chi connectivity index (χ4n) is 2.05. The van der Waals surface area contributed by atoms with Crippen molar-refractivity contribution >= 4 is 17.3 Å². The molecule has 1 aliphatic rings. The highest BCUT2D eigenvalue weighted by atomic mass is 35.5. The topological polar surface area (TPSA) is 91.3 Å². The highest BCUT2D eigenvalue weighted by Crippen LogP contribution is 2.30. The van der Waals surface area contributed by atoms with Crippen LogP contribution in [0.5, 0.6) is 5.88 Å². The lowest BCUT2D eigenvalue weighted by Crippen LogP contribution is -2.41. The second-order valence-corrected chi connectivity index (χ2v) is 4.78. The first-order chi connectivity index (χ1) is 8.58. The SMILES string of the molecule is NC1CCCCC1Oc1ncc(Cl)cc1[N+](=O)[O-]. The first-order valence-corrected chi connectivity index (χ1v) is 6.18. The van der Waals surface area contributed by atoms with Crippen molar-refractivity contribution in [2.75, 3.05) is 0 Å². The fourth-order valence-corrected chi connectivity index (χ4v) is 2.21. The van der Waals surface area contributed by atoms with Crippen LogP contribution >= 0.6 is 11.6 Å². The summed E-state index contributed by atoms with van der Waals surface area (Å²) in [5.41, 5.74) is 5.71. The molecule has 0 amide bonds. The maximum absolute atomic E-state index is 10.9. The van der Waals surface area contributed by atoms with Gasteiger partial charge < -0.3 is 10.5 Å². The average molecular weight is 272 g/mol. The van der Waals surface area contributed by atoms with E-state index in [4.69, 9.17) is 22.1 Å². The smallest absolute Gasteiger partial charge is 0.332 e. The Morgan fingerprint density at radius 3 is 2.89 bits per heavy atom. The zero-order valence-electron chi connectivity index (χ0n) is 9.71. The number of hydrogen-bond donors (Lipinski definition) is 1. The lowest BCUT2D eigenvalue weighted by Gasteiger charge is -2.28. The molecule has 2 N–H and O–H groups in total. The van der Waals surface area contributed by atoms with Gasteiger partial charge in [-0.1, -0.05) is 18.0 Å². The summed E-state index contributed by atoms with van der Waals surface area (Å²) < 4.78 is 5.58. The van der Waals surface area contributed by atoms with Crippen molar-refractivity contribution in [2.45, 2.75) is 37.8 Å². The summed E-state index contributed by atoms with van der Waals surface area (Å²) in [6.07, 6.45) is 4.86. The maximum Gasteiger partial charge on any atom is 0.332 e. The Morgan fingerprint density at radius 2 is 2.22 bits per heavy atom. The van der Waals surface area contributed by atoms with Gasteiger partial charge in [0.25, 0.3) is 5.88 Å². The van der Waals surface area contributed by atoms with Crippen LogP contribution in [0.4, 0.5) is 5.69 Å². The summed E-state index contributed by atoms with van der Waals surface area (Å²) in [7, 11) is 0. The van der Waals surface area contributed by atoms with Gasteiger partial charge in [0.05, 0.1) is 16.1 Å². The molecule has 0 saturated heterocycles. The van der Waals surface area contributed by atoms with Crippen LogP contribution in [-0.4, -0.2) is 22.1 Å². The van der Waals surface area contributed by atoms with E-state index in [0.29, 0.717) is 0 Å². The van der Waals surface area contributed by atoms with Crippen molar-refractivity contribution in [3.8, 4) is 5.88 Å². The van der Waals surface area contributed by atoms with Crippen molar-refractivity contribution in [3.05, 3.63) is 27.4 Å². The van der Waals surface area contributed by atoms with E-state index in [1.807, 2.05) is 0 Å². The van der Waals surface area contributed by atoms with E-state index in [-0.39, 0.29) is 28.7 Å². The highest BCUT2D eigenvalue weighted by molar-refractivity contribution is 6.30. The zero-order valence-corrected chi connectivity index (χ0v) is 10.5. The van der Waals surface area contributed by atoms with Crippen molar-refractivity contribution in [1.29, 1.82) is 0 Å². The third-order valence-electron chi connectivity index (χ3n) is 3.01. The van der Waals surface area contributed by atoms with Crippen LogP contribution in [0, 0.1) is 10.1 Å². The minimum absolute atomic E-state index is 0.00764. The van der Waals surface area contributed by atoms with Crippen LogP contribution < -0.4 is 10.5 Å². The highest BCUT2D eigenvalue weighted by Gasteiger charge is 2.27. The molecule has 18 heavy (non-hydrogen) atoms. The standard InChI is InChI=1S/C11H14ClN3O3/c12-7-5-9(15(16)17)11(14-6-7)18-10-4-2-1-3-8(10)13/h5-6,8,10H,1-4,13H2. The van der Waals surface area contributed by atoms with Gasteiger partial charge in [0, 0.05) is 12.1 Å². The molecule has 98 valence electrons. The molecule has 0 aromatic carbocycles. The van der Waals surface area contributed by atoms with Crippen molar-refractivity contribution in [3.63, 3.8) is 0 Å². The Hall–Kier alpha value is -1.40. The van der Waals surface area contributed by atoms with Gasteiger partial charge in [0.15, 0.2) is 0 Å². The van der Waals surface area contributed by atoms with Gasteiger partial charge in [0.2, 0.25) is 0 Å². The molecule has 1 fully saturated rings. The Morgan fingerprint density at radius 1 is 1.50 bits per heavy atom. The molecular weight excluding hydrogens is 258 g/mol. The molecule has 0 spiro atoms. The lowest BCUT2D eigenvalue weighted by atomic mass is 9.93. The quantitative estimate of drug-likeness (QED) is 0.673. The second-order valence-electron chi connectivity index (χ2n) is 4.34. The summed E-state index contributed by atoms with van der Waals surface area (Å²) >= 11 is 5.69. The van der Waals surface area contributed by atoms with Crippen molar-refractivity contribution in [1.82, 2.24) is 4.98 Å². The van der Waals surface area contributed by atoms with Gasteiger partial charge in [0.1, 0.15) is 6.10 Å². The zero-order chi connectivity index (χ0) is 13.1. The number of nitro groups is 1. The molecule has 7 heteroatoms. The van der Waals surface area contributed by atoms with Gasteiger partial charge in [-0.15, -0.1) is 0 Å². The first kappa shape index (κ1) is 13.0. The molecular formula is C11H14ClN3O3. The van der Waals surface area contributed by atoms with Gasteiger partial charge in [-0.2, -0.15) is 0 Å². The summed E-state index contributed by atoms with van der Waals surface area (Å²) in [5, 5.41) is 11.1. The molecule has 0 radical (unpaired) electrons. The molecule has 1 aliphatic carbocycles. The Bertz CT molecular complexity index is 455. The van der Waals surface area contributed by atoms with Gasteiger partial charge in [-0.3, -0.25) is 10.1 Å². The van der Waals surface area contributed by atoms with Crippen LogP contribution in [0.3, 0.4) is 0 Å². The molecule has 1 aromatic rings. The van der Waals surface area contributed by atoms with Gasteiger partial charge in [-0.25, -0.2) is 4.98 Å². The van der Waals surface area contributed by atoms with Gasteiger partial charge in [-0.05, 0) is 19.3 Å². The van der Waals surface area contributed by atoms with E-state index >= 15 is 0 Å². The summed E-state index contributed by atoms with van der Waals surface area (Å²) in [5.74, 6) is -0.00764. The summed E-state index contributed by atoms with van der Waals surface area (Å²) in [6, 6.07) is 1.13. The second kappa shape index (κ2) is 5.49. The Kier molecular flexibility index (Phi) is 3.98. The normalized spacial score (nSPS) is 23.7. The fraction of sp³-hybridized carbons (Fsp3) is 0.545. The predicted molar refractivity (Wildman–Crippen MR) is 66.8 cm³/mol. The first-order valence-electron chi connectivity index (χ1n) is 5.80. The van der Waals surface area contributed by atoms with E-state index in [1.165, 1.54) is 12.3 Å². The molecule has 2 rings (SSSR count). The maximum atomic E-state index is 10.9. The van der Waals surface area contributed by atoms with Gasteiger partial charge >= 0.3 is 5.69 Å². The average Bonchev–Trinajstić information content (AvgIpc) is 2.34.